The first kappa shape index (κ1) is 41.3. The number of carboxylic acids is 2. The van der Waals surface area contributed by atoms with Crippen molar-refractivity contribution in [2.75, 3.05) is 12.3 Å². The van der Waals surface area contributed by atoms with Crippen LogP contribution in [0.25, 0.3) is 0 Å². The minimum atomic E-state index is -0.783. The predicted molar refractivity (Wildman–Crippen MR) is 191 cm³/mol. The van der Waals surface area contributed by atoms with Gasteiger partial charge in [-0.25, -0.2) is 0 Å². The van der Waals surface area contributed by atoms with Crippen LogP contribution in [0, 0.1) is 18.3 Å². The second-order valence-electron chi connectivity index (χ2n) is 12.0. The molecule has 4 aromatic rings. The number of aliphatic carboxylic acids is 2. The molecule has 0 fully saturated rings. The molecule has 0 amide bonds. The van der Waals surface area contributed by atoms with Gasteiger partial charge < -0.3 is 17.6 Å². The molecule has 0 aliphatic heterocycles. The normalized spacial score (nSPS) is 10.6. The van der Waals surface area contributed by atoms with Gasteiger partial charge >= 0.3 is 31.4 Å². The van der Waals surface area contributed by atoms with Gasteiger partial charge in [0.05, 0.1) is 47.9 Å². The summed E-state index contributed by atoms with van der Waals surface area (Å²) in [6, 6.07) is 44.5. The van der Waals surface area contributed by atoms with Crippen molar-refractivity contribution in [1.82, 2.24) is 0 Å². The van der Waals surface area contributed by atoms with Crippen molar-refractivity contribution in [3.63, 3.8) is 0 Å². The van der Waals surface area contributed by atoms with E-state index in [1.807, 2.05) is 0 Å². The van der Waals surface area contributed by atoms with Crippen LogP contribution in [-0.4, -0.2) is 34.5 Å². The Morgan fingerprint density at radius 1 is 0.477 bits per heavy atom. The Hall–Kier alpha value is -2.70. The second-order valence-corrected chi connectivity index (χ2v) is 17.3. The molecule has 2 N–H and O–H groups in total. The van der Waals surface area contributed by atoms with E-state index in [1.165, 1.54) is 33.5 Å². The summed E-state index contributed by atoms with van der Waals surface area (Å²) in [5, 5.41) is 22.6. The molecule has 237 valence electrons. The van der Waals surface area contributed by atoms with E-state index in [0.29, 0.717) is 0 Å². The maximum absolute atomic E-state index is 10.0. The molecule has 0 saturated carbocycles. The van der Waals surface area contributed by atoms with Crippen LogP contribution in [0.5, 0.6) is 0 Å². The minimum Gasteiger partial charge on any atom is -0.481 e. The average molecular weight is 721 g/mol. The van der Waals surface area contributed by atoms with Crippen LogP contribution in [0.15, 0.2) is 121 Å². The summed E-state index contributed by atoms with van der Waals surface area (Å²) < 4.78 is 0. The van der Waals surface area contributed by atoms with Gasteiger partial charge in [-0.2, -0.15) is 0 Å². The van der Waals surface area contributed by atoms with Gasteiger partial charge in [0.1, 0.15) is 12.3 Å². The van der Waals surface area contributed by atoms with Crippen LogP contribution in [0.1, 0.15) is 41.5 Å². The third kappa shape index (κ3) is 14.9. The third-order valence-electron chi connectivity index (χ3n) is 6.40. The summed E-state index contributed by atoms with van der Waals surface area (Å²) >= 11 is 0. The number of rotatable bonds is 7. The topological polar surface area (TPSA) is 74.6 Å². The first-order valence-corrected chi connectivity index (χ1v) is 17.6. The maximum Gasteiger partial charge on any atom is 1.00 e. The number of carboxylic acid groups (broad SMARTS) is 2. The van der Waals surface area contributed by atoms with Crippen LogP contribution in [0.4, 0.5) is 0 Å². The van der Waals surface area contributed by atoms with Crippen molar-refractivity contribution < 1.29 is 39.3 Å². The van der Waals surface area contributed by atoms with Gasteiger partial charge in [0, 0.05) is 0 Å². The first-order valence-electron chi connectivity index (χ1n) is 14.2. The molecule has 4 nitrogen and oxygen atoms in total. The van der Waals surface area contributed by atoms with E-state index in [0.717, 1.165) is 0 Å². The Balaban J connectivity index is 0.000000973. The van der Waals surface area contributed by atoms with Crippen molar-refractivity contribution in [2.24, 2.45) is 10.8 Å². The summed E-state index contributed by atoms with van der Waals surface area (Å²) in [5.74, 6) is -1.51. The Kier molecular flexibility index (Phi) is 19.1. The van der Waals surface area contributed by atoms with Gasteiger partial charge in [-0.3, -0.25) is 9.59 Å². The van der Waals surface area contributed by atoms with Crippen molar-refractivity contribution in [1.29, 1.82) is 0 Å². The van der Waals surface area contributed by atoms with Gasteiger partial charge in [-0.15, -0.1) is 0 Å². The zero-order chi connectivity index (χ0) is 31.2. The van der Waals surface area contributed by atoms with Gasteiger partial charge in [0.25, 0.3) is 0 Å². The molecule has 0 atom stereocenters. The molecular formula is C37H49O4P2Ru+2. The molecule has 4 aromatic carbocycles. The zero-order valence-corrected chi connectivity index (χ0v) is 30.8. The molecule has 0 aliphatic rings. The Bertz CT molecular complexity index is 1150. The SMILES string of the molecule is CC(C)(C)C(=O)O.CC(C)(C)C(=O)O.[CH3-].[Ru+].c1ccc([PH+](CC[PH+](c2ccccc2)c2ccccc2)c2ccccc2)cc1. The van der Waals surface area contributed by atoms with Crippen LogP contribution in [0.3, 0.4) is 0 Å². The van der Waals surface area contributed by atoms with Crippen LogP contribution in [-0.2, 0) is 29.1 Å². The number of carbonyl (C=O) groups is 2. The molecule has 44 heavy (non-hydrogen) atoms. The molecule has 0 unspecified atom stereocenters. The van der Waals surface area contributed by atoms with Crippen molar-refractivity contribution in [3.8, 4) is 0 Å². The maximum atomic E-state index is 10.0. The Morgan fingerprint density at radius 2 is 0.636 bits per heavy atom. The van der Waals surface area contributed by atoms with E-state index in [1.54, 1.807) is 41.5 Å². The third-order valence-corrected chi connectivity index (χ3v) is 12.5. The smallest absolute Gasteiger partial charge is 0.481 e. The van der Waals surface area contributed by atoms with E-state index in [2.05, 4.69) is 121 Å². The summed E-state index contributed by atoms with van der Waals surface area (Å²) in [7, 11) is -1.57. The van der Waals surface area contributed by atoms with Crippen LogP contribution in [0.2, 0.25) is 0 Å². The van der Waals surface area contributed by atoms with Crippen molar-refractivity contribution in [3.05, 3.63) is 129 Å². The van der Waals surface area contributed by atoms with E-state index in [-0.39, 0.29) is 26.9 Å². The average Bonchev–Trinajstić information content (AvgIpc) is 2.97. The van der Waals surface area contributed by atoms with Crippen molar-refractivity contribution in [2.45, 2.75) is 41.5 Å². The van der Waals surface area contributed by atoms with E-state index in [4.69, 9.17) is 10.2 Å². The fourth-order valence-electron chi connectivity index (χ4n) is 3.72. The first-order chi connectivity index (χ1) is 19.8. The number of benzene rings is 4. The fraction of sp³-hybridized carbons (Fsp3) is 0.270. The second kappa shape index (κ2) is 20.4. The largest absolute Gasteiger partial charge is 1.00 e. The molecule has 7 heteroatoms. The predicted octanol–water partition coefficient (Wildman–Crippen LogP) is 7.40. The zero-order valence-electron chi connectivity index (χ0n) is 27.0. The number of hydrogen-bond acceptors (Lipinski definition) is 2. The summed E-state index contributed by atoms with van der Waals surface area (Å²) in [6.07, 6.45) is 2.52. The summed E-state index contributed by atoms with van der Waals surface area (Å²) in [6.45, 7) is 9.97. The van der Waals surface area contributed by atoms with Crippen LogP contribution < -0.4 is 21.2 Å². The molecule has 0 aromatic heterocycles. The van der Waals surface area contributed by atoms with Crippen molar-refractivity contribution >= 4 is 49.0 Å². The fourth-order valence-corrected chi connectivity index (χ4v) is 9.92. The molecule has 0 aliphatic carbocycles. The van der Waals surface area contributed by atoms with Crippen LogP contribution >= 0.6 is 15.8 Å². The molecule has 4 rings (SSSR count). The van der Waals surface area contributed by atoms with Gasteiger partial charge in [0.2, 0.25) is 0 Å². The van der Waals surface area contributed by atoms with E-state index < -0.39 is 38.6 Å². The van der Waals surface area contributed by atoms with E-state index >= 15 is 0 Å². The summed E-state index contributed by atoms with van der Waals surface area (Å²) in [5.41, 5.74) is -1.17. The molecular weight excluding hydrogens is 671 g/mol. The van der Waals surface area contributed by atoms with Gasteiger partial charge in [-0.1, -0.05) is 72.8 Å². The van der Waals surface area contributed by atoms with Gasteiger partial charge in [-0.05, 0) is 90.1 Å². The molecule has 0 heterocycles. The molecule has 0 bridgehead atoms. The van der Waals surface area contributed by atoms with E-state index in [9.17, 15) is 9.59 Å². The quantitative estimate of drug-likeness (QED) is 0.119. The molecule has 0 saturated heterocycles. The Labute approximate surface area is 280 Å². The summed E-state index contributed by atoms with van der Waals surface area (Å²) in [4.78, 5) is 20.0. The molecule has 0 spiro atoms. The molecule has 1 radical (unpaired) electrons. The number of hydrogen-bond donors (Lipinski definition) is 2. The minimum absolute atomic E-state index is 0. The Morgan fingerprint density at radius 3 is 0.773 bits per heavy atom. The van der Waals surface area contributed by atoms with Gasteiger partial charge in [0.15, 0.2) is 0 Å². The standard InChI is InChI=1S/C26H24P2.2C5H10O2.CH3.Ru/c1-5-13-23(14-6-1)27(24-15-7-2-8-16-24)21-22-28(25-17-9-3-10-18-25)26-19-11-4-12-20-26;2*1-5(2,3)4(6)7;;/h1-20H,21-22H2;2*1-3H3,(H,6,7);1H3;/q;;;-1;+1/p+2. The monoisotopic (exact) mass is 721 g/mol.